The maximum atomic E-state index is 11.4. The summed E-state index contributed by atoms with van der Waals surface area (Å²) in [6, 6.07) is 8.96. The number of carbonyl (C=O) groups is 1. The highest BCUT2D eigenvalue weighted by Crippen LogP contribution is 2.10. The lowest BCUT2D eigenvalue weighted by molar-refractivity contribution is 0.251. The molecule has 2 amide bonds. The first-order valence-electron chi connectivity index (χ1n) is 4.94. The van der Waals surface area contributed by atoms with Gasteiger partial charge < -0.3 is 9.84 Å². The zero-order valence-corrected chi connectivity index (χ0v) is 10.4. The van der Waals surface area contributed by atoms with Gasteiger partial charge in [0.1, 0.15) is 6.26 Å². The number of nitrogens with zero attached hydrogens (tertiary/aromatic N) is 1. The molecule has 0 fully saturated rings. The molecule has 1 heterocycles. The summed E-state index contributed by atoms with van der Waals surface area (Å²) in [7, 11) is 0. The number of rotatable bonds is 3. The van der Waals surface area contributed by atoms with Crippen molar-refractivity contribution in [2.75, 3.05) is 5.32 Å². The highest BCUT2D eigenvalue weighted by molar-refractivity contribution is 9.10. The van der Waals surface area contributed by atoms with Gasteiger partial charge in [0, 0.05) is 17.1 Å². The summed E-state index contributed by atoms with van der Waals surface area (Å²) in [5.74, 6) is 0.387. The van der Waals surface area contributed by atoms with Crippen LogP contribution in [0.15, 0.2) is 45.6 Å². The summed E-state index contributed by atoms with van der Waals surface area (Å²) in [6.45, 7) is 0.455. The van der Waals surface area contributed by atoms with E-state index in [2.05, 4.69) is 36.2 Å². The van der Waals surface area contributed by atoms with E-state index in [1.165, 1.54) is 6.26 Å². The van der Waals surface area contributed by atoms with E-state index in [0.717, 1.165) is 10.0 Å². The quantitative estimate of drug-likeness (QED) is 0.915. The van der Waals surface area contributed by atoms with Gasteiger partial charge in [-0.15, -0.1) is 0 Å². The predicted octanol–water partition coefficient (Wildman–Crippen LogP) is 2.76. The first-order valence-corrected chi connectivity index (χ1v) is 5.73. The third-order valence-electron chi connectivity index (χ3n) is 2.05. The number of benzene rings is 1. The number of amides is 2. The summed E-state index contributed by atoms with van der Waals surface area (Å²) >= 11 is 3.35. The van der Waals surface area contributed by atoms with Crippen molar-refractivity contribution >= 4 is 27.8 Å². The van der Waals surface area contributed by atoms with E-state index >= 15 is 0 Å². The fourth-order valence-electron chi connectivity index (χ4n) is 1.22. The van der Waals surface area contributed by atoms with Crippen LogP contribution in [0.5, 0.6) is 0 Å². The maximum absolute atomic E-state index is 11.4. The molecule has 17 heavy (non-hydrogen) atoms. The van der Waals surface area contributed by atoms with Gasteiger partial charge in [0.2, 0.25) is 0 Å². The van der Waals surface area contributed by atoms with Crippen LogP contribution < -0.4 is 10.6 Å². The van der Waals surface area contributed by atoms with Crippen molar-refractivity contribution in [3.05, 3.63) is 46.6 Å². The molecule has 2 rings (SSSR count). The van der Waals surface area contributed by atoms with Gasteiger partial charge >= 0.3 is 6.03 Å². The van der Waals surface area contributed by atoms with Crippen molar-refractivity contribution < 1.29 is 9.32 Å². The molecule has 0 radical (unpaired) electrons. The Morgan fingerprint density at radius 1 is 1.29 bits per heavy atom. The smallest absolute Gasteiger partial charge is 0.320 e. The Labute approximate surface area is 106 Å². The van der Waals surface area contributed by atoms with Crippen molar-refractivity contribution in [1.82, 2.24) is 10.5 Å². The second-order valence-electron chi connectivity index (χ2n) is 3.32. The third-order valence-corrected chi connectivity index (χ3v) is 2.57. The van der Waals surface area contributed by atoms with Crippen molar-refractivity contribution in [3.63, 3.8) is 0 Å². The van der Waals surface area contributed by atoms with E-state index in [0.29, 0.717) is 12.4 Å². The first-order chi connectivity index (χ1) is 8.24. The molecule has 2 aromatic rings. The Bertz CT molecular complexity index is 482. The Kier molecular flexibility index (Phi) is 3.77. The zero-order chi connectivity index (χ0) is 12.1. The van der Waals surface area contributed by atoms with Crippen LogP contribution in [0.2, 0.25) is 0 Å². The largest absolute Gasteiger partial charge is 0.363 e. The highest BCUT2D eigenvalue weighted by Gasteiger charge is 2.03. The van der Waals surface area contributed by atoms with Gasteiger partial charge in [-0.2, -0.15) is 0 Å². The topological polar surface area (TPSA) is 67.2 Å². The van der Waals surface area contributed by atoms with Crippen LogP contribution in [0.1, 0.15) is 5.56 Å². The molecule has 5 nitrogen and oxygen atoms in total. The number of halogens is 1. The van der Waals surface area contributed by atoms with Crippen molar-refractivity contribution in [2.45, 2.75) is 6.54 Å². The summed E-state index contributed by atoms with van der Waals surface area (Å²) in [5.41, 5.74) is 1.02. The number of aromatic nitrogens is 1. The van der Waals surface area contributed by atoms with Gasteiger partial charge in [0.15, 0.2) is 5.82 Å². The Hall–Kier alpha value is -1.82. The van der Waals surface area contributed by atoms with Crippen LogP contribution in [0, 0.1) is 0 Å². The number of hydrogen-bond acceptors (Lipinski definition) is 3. The van der Waals surface area contributed by atoms with Gasteiger partial charge in [0.05, 0.1) is 0 Å². The minimum atomic E-state index is -0.318. The van der Waals surface area contributed by atoms with Crippen molar-refractivity contribution in [3.8, 4) is 0 Å². The lowest BCUT2D eigenvalue weighted by atomic mass is 10.2. The van der Waals surface area contributed by atoms with Crippen LogP contribution in [-0.4, -0.2) is 11.2 Å². The molecule has 0 bridgehead atoms. The van der Waals surface area contributed by atoms with Gasteiger partial charge in [0.25, 0.3) is 0 Å². The van der Waals surface area contributed by atoms with Gasteiger partial charge in [-0.3, -0.25) is 5.32 Å². The molecule has 0 aliphatic heterocycles. The number of hydrogen-bond donors (Lipinski definition) is 2. The van der Waals surface area contributed by atoms with Crippen LogP contribution in [-0.2, 0) is 6.54 Å². The molecular formula is C11H10BrN3O2. The van der Waals surface area contributed by atoms with Crippen LogP contribution in [0.3, 0.4) is 0 Å². The lowest BCUT2D eigenvalue weighted by Gasteiger charge is -2.05. The van der Waals surface area contributed by atoms with E-state index in [1.807, 2.05) is 24.3 Å². The van der Waals surface area contributed by atoms with E-state index < -0.39 is 0 Å². The van der Waals surface area contributed by atoms with Gasteiger partial charge in [-0.1, -0.05) is 33.2 Å². The zero-order valence-electron chi connectivity index (χ0n) is 8.81. The number of anilines is 1. The van der Waals surface area contributed by atoms with E-state index in [9.17, 15) is 4.79 Å². The number of nitrogens with one attached hydrogen (secondary N) is 2. The molecule has 0 aliphatic rings. The average Bonchev–Trinajstić information content (AvgIpc) is 2.81. The molecule has 0 atom stereocenters. The molecular weight excluding hydrogens is 286 g/mol. The van der Waals surface area contributed by atoms with Crippen molar-refractivity contribution in [2.24, 2.45) is 0 Å². The molecule has 1 aromatic carbocycles. The fraction of sp³-hybridized carbons (Fsp3) is 0.0909. The Balaban J connectivity index is 1.82. The summed E-state index contributed by atoms with van der Waals surface area (Å²) < 4.78 is 5.60. The molecule has 88 valence electrons. The van der Waals surface area contributed by atoms with E-state index in [-0.39, 0.29) is 6.03 Å². The Morgan fingerprint density at radius 2 is 2.06 bits per heavy atom. The van der Waals surface area contributed by atoms with E-state index in [4.69, 9.17) is 0 Å². The van der Waals surface area contributed by atoms with E-state index in [1.54, 1.807) is 6.07 Å². The fourth-order valence-corrected chi connectivity index (χ4v) is 1.49. The normalized spacial score (nSPS) is 9.94. The third kappa shape index (κ3) is 3.60. The number of urea groups is 1. The lowest BCUT2D eigenvalue weighted by Crippen LogP contribution is -2.28. The van der Waals surface area contributed by atoms with Crippen LogP contribution in [0.4, 0.5) is 10.6 Å². The van der Waals surface area contributed by atoms with Gasteiger partial charge in [-0.05, 0) is 17.7 Å². The molecule has 0 aliphatic carbocycles. The standard InChI is InChI=1S/C11H10BrN3O2/c12-9-3-1-8(2-4-9)7-13-11(16)14-10-5-6-17-15-10/h1-6H,7H2,(H2,13,14,15,16). The molecule has 0 saturated heterocycles. The Morgan fingerprint density at radius 3 is 2.71 bits per heavy atom. The maximum Gasteiger partial charge on any atom is 0.320 e. The molecule has 2 N–H and O–H groups in total. The monoisotopic (exact) mass is 295 g/mol. The molecule has 0 saturated carbocycles. The summed E-state index contributed by atoms with van der Waals surface area (Å²) in [4.78, 5) is 11.4. The first kappa shape index (κ1) is 11.7. The molecule has 0 unspecified atom stereocenters. The second-order valence-corrected chi connectivity index (χ2v) is 4.23. The van der Waals surface area contributed by atoms with Crippen LogP contribution >= 0.6 is 15.9 Å². The molecule has 6 heteroatoms. The predicted molar refractivity (Wildman–Crippen MR) is 66.5 cm³/mol. The average molecular weight is 296 g/mol. The summed E-state index contributed by atoms with van der Waals surface area (Å²) in [6.07, 6.45) is 1.39. The van der Waals surface area contributed by atoms with Crippen molar-refractivity contribution in [1.29, 1.82) is 0 Å². The second kappa shape index (κ2) is 5.49. The highest BCUT2D eigenvalue weighted by atomic mass is 79.9. The summed E-state index contributed by atoms with van der Waals surface area (Å²) in [5, 5.41) is 8.82. The minimum absolute atomic E-state index is 0.318. The SMILES string of the molecule is O=C(NCc1ccc(Br)cc1)Nc1ccon1. The number of carbonyl (C=O) groups excluding carboxylic acids is 1. The molecule has 0 spiro atoms. The van der Waals surface area contributed by atoms with Crippen LogP contribution in [0.25, 0.3) is 0 Å². The minimum Gasteiger partial charge on any atom is -0.363 e. The molecule has 1 aromatic heterocycles. The van der Waals surface area contributed by atoms with Gasteiger partial charge in [-0.25, -0.2) is 4.79 Å².